The highest BCUT2D eigenvalue weighted by atomic mass is 16.6. The fraction of sp³-hybridized carbons (Fsp3) is 0.829. The minimum absolute atomic E-state index is 0.0684. The molecule has 0 aliphatic heterocycles. The Balaban J connectivity index is 4.06. The first-order chi connectivity index (χ1) is 40.5. The minimum atomic E-state index is -0.770. The summed E-state index contributed by atoms with van der Waals surface area (Å²) in [6.45, 7) is 6.56. The first-order valence-electron chi connectivity index (χ1n) is 36.3. The Morgan fingerprint density at radius 3 is 0.756 bits per heavy atom. The van der Waals surface area contributed by atoms with Gasteiger partial charge in [0.2, 0.25) is 0 Å². The number of hydrogen-bond donors (Lipinski definition) is 0. The van der Waals surface area contributed by atoms with E-state index in [-0.39, 0.29) is 31.1 Å². The van der Waals surface area contributed by atoms with Gasteiger partial charge >= 0.3 is 17.9 Å². The highest BCUT2D eigenvalue weighted by Crippen LogP contribution is 2.18. The number of unbranched alkanes of at least 4 members (excludes halogenated alkanes) is 46. The van der Waals surface area contributed by atoms with Crippen molar-refractivity contribution in [2.75, 3.05) is 13.2 Å². The van der Waals surface area contributed by atoms with Gasteiger partial charge in [0.25, 0.3) is 0 Å². The van der Waals surface area contributed by atoms with Crippen LogP contribution in [0.5, 0.6) is 0 Å². The van der Waals surface area contributed by atoms with Gasteiger partial charge in [-0.2, -0.15) is 0 Å². The molecule has 0 aliphatic rings. The van der Waals surface area contributed by atoms with Crippen molar-refractivity contribution in [3.8, 4) is 0 Å². The minimum Gasteiger partial charge on any atom is -0.462 e. The summed E-state index contributed by atoms with van der Waals surface area (Å²) in [7, 11) is 0. The lowest BCUT2D eigenvalue weighted by Gasteiger charge is -2.18. The molecular formula is C76H138O6. The van der Waals surface area contributed by atoms with Crippen molar-refractivity contribution in [1.82, 2.24) is 0 Å². The lowest BCUT2D eigenvalue weighted by Crippen LogP contribution is -2.30. The van der Waals surface area contributed by atoms with Crippen LogP contribution in [0.2, 0.25) is 0 Å². The smallest absolute Gasteiger partial charge is 0.306 e. The van der Waals surface area contributed by atoms with Gasteiger partial charge in [-0.15, -0.1) is 0 Å². The van der Waals surface area contributed by atoms with Gasteiger partial charge in [-0.05, 0) is 83.5 Å². The van der Waals surface area contributed by atoms with Crippen molar-refractivity contribution in [2.24, 2.45) is 0 Å². The molecule has 0 heterocycles. The largest absolute Gasteiger partial charge is 0.462 e. The normalized spacial score (nSPS) is 12.4. The Hall–Kier alpha value is -2.89. The maximum Gasteiger partial charge on any atom is 0.306 e. The molecule has 0 N–H and O–H groups in total. The van der Waals surface area contributed by atoms with E-state index in [1.54, 1.807) is 0 Å². The van der Waals surface area contributed by atoms with E-state index in [0.717, 1.165) is 83.5 Å². The second-order valence-corrected chi connectivity index (χ2v) is 24.5. The molecule has 0 saturated carbocycles. The highest BCUT2D eigenvalue weighted by Gasteiger charge is 2.19. The van der Waals surface area contributed by atoms with Crippen LogP contribution in [-0.2, 0) is 28.6 Å². The number of allylic oxidation sites excluding steroid dienone is 10. The van der Waals surface area contributed by atoms with Crippen LogP contribution in [0.1, 0.15) is 387 Å². The predicted molar refractivity (Wildman–Crippen MR) is 358 cm³/mol. The molecule has 0 aliphatic carbocycles. The molecule has 0 saturated heterocycles. The summed E-state index contributed by atoms with van der Waals surface area (Å²) in [5, 5.41) is 0. The number of rotatable bonds is 67. The third-order valence-corrected chi connectivity index (χ3v) is 16.3. The molecule has 0 rings (SSSR count). The van der Waals surface area contributed by atoms with Crippen LogP contribution in [-0.4, -0.2) is 37.2 Å². The van der Waals surface area contributed by atoms with Crippen LogP contribution in [0.3, 0.4) is 0 Å². The van der Waals surface area contributed by atoms with Gasteiger partial charge in [0, 0.05) is 19.3 Å². The molecule has 0 amide bonds. The molecule has 0 radical (unpaired) electrons. The number of esters is 3. The zero-order valence-corrected chi connectivity index (χ0v) is 55.0. The Labute approximate surface area is 510 Å². The third kappa shape index (κ3) is 67.9. The SMILES string of the molecule is CC/C=C\C/C=C\C/C=C\C/C=C\CCCCCCCCCCCCCCCCCCC(=O)OCC(COC(=O)CCCCCCCCCC)OC(=O)CCCCCCCCCCCCCCCCC/C=C\CCCCCCCCCC. The molecule has 0 aromatic rings. The first kappa shape index (κ1) is 79.1. The highest BCUT2D eigenvalue weighted by molar-refractivity contribution is 5.71. The summed E-state index contributed by atoms with van der Waals surface area (Å²) in [5.74, 6) is -0.848. The molecule has 0 fully saturated rings. The van der Waals surface area contributed by atoms with E-state index >= 15 is 0 Å². The average molecular weight is 1150 g/mol. The van der Waals surface area contributed by atoms with Crippen molar-refractivity contribution in [3.63, 3.8) is 0 Å². The monoisotopic (exact) mass is 1150 g/mol. The zero-order chi connectivity index (χ0) is 59.2. The van der Waals surface area contributed by atoms with E-state index in [1.807, 2.05) is 0 Å². The van der Waals surface area contributed by atoms with E-state index in [0.29, 0.717) is 19.3 Å². The van der Waals surface area contributed by atoms with Gasteiger partial charge in [-0.3, -0.25) is 14.4 Å². The maximum atomic E-state index is 12.9. The zero-order valence-electron chi connectivity index (χ0n) is 55.0. The van der Waals surface area contributed by atoms with Crippen molar-refractivity contribution in [2.45, 2.75) is 393 Å². The first-order valence-corrected chi connectivity index (χ1v) is 36.3. The van der Waals surface area contributed by atoms with Crippen molar-refractivity contribution < 1.29 is 28.6 Å². The Bertz CT molecular complexity index is 1460. The molecule has 1 unspecified atom stereocenters. The Morgan fingerprint density at radius 1 is 0.256 bits per heavy atom. The van der Waals surface area contributed by atoms with Crippen molar-refractivity contribution in [3.05, 3.63) is 60.8 Å². The van der Waals surface area contributed by atoms with Gasteiger partial charge in [-0.1, -0.05) is 345 Å². The number of ether oxygens (including phenoxy) is 3. The quantitative estimate of drug-likeness (QED) is 0.0261. The summed E-state index contributed by atoms with van der Waals surface area (Å²) in [6.07, 6.45) is 91.4. The van der Waals surface area contributed by atoms with Gasteiger partial charge in [-0.25, -0.2) is 0 Å². The topological polar surface area (TPSA) is 78.9 Å². The second kappa shape index (κ2) is 70.6. The predicted octanol–water partition coefficient (Wildman–Crippen LogP) is 25.1. The van der Waals surface area contributed by atoms with E-state index in [1.165, 1.54) is 263 Å². The summed E-state index contributed by atoms with van der Waals surface area (Å²) < 4.78 is 16.9. The lowest BCUT2D eigenvalue weighted by molar-refractivity contribution is -0.167. The van der Waals surface area contributed by atoms with Crippen LogP contribution < -0.4 is 0 Å². The third-order valence-electron chi connectivity index (χ3n) is 16.3. The van der Waals surface area contributed by atoms with Crippen LogP contribution >= 0.6 is 0 Å². The molecule has 0 spiro atoms. The molecule has 6 heteroatoms. The van der Waals surface area contributed by atoms with Gasteiger partial charge in [0.05, 0.1) is 0 Å². The van der Waals surface area contributed by atoms with Crippen LogP contribution in [0.15, 0.2) is 60.8 Å². The van der Waals surface area contributed by atoms with E-state index in [4.69, 9.17) is 14.2 Å². The fourth-order valence-corrected chi connectivity index (χ4v) is 10.8. The van der Waals surface area contributed by atoms with E-state index < -0.39 is 6.10 Å². The molecular weight excluding hydrogens is 1010 g/mol. The summed E-state index contributed by atoms with van der Waals surface area (Å²) >= 11 is 0. The van der Waals surface area contributed by atoms with E-state index in [2.05, 4.69) is 81.5 Å². The van der Waals surface area contributed by atoms with E-state index in [9.17, 15) is 14.4 Å². The van der Waals surface area contributed by atoms with Gasteiger partial charge < -0.3 is 14.2 Å². The van der Waals surface area contributed by atoms with Crippen LogP contribution in [0.4, 0.5) is 0 Å². The molecule has 0 aromatic heterocycles. The summed E-state index contributed by atoms with van der Waals surface area (Å²) in [6, 6.07) is 0. The lowest BCUT2D eigenvalue weighted by atomic mass is 10.0. The second-order valence-electron chi connectivity index (χ2n) is 24.5. The summed E-state index contributed by atoms with van der Waals surface area (Å²) in [5.41, 5.74) is 0. The number of carbonyl (C=O) groups is 3. The number of carbonyl (C=O) groups excluding carboxylic acids is 3. The van der Waals surface area contributed by atoms with Crippen molar-refractivity contribution >= 4 is 17.9 Å². The average Bonchev–Trinajstić information content (AvgIpc) is 3.47. The molecule has 82 heavy (non-hydrogen) atoms. The van der Waals surface area contributed by atoms with Crippen LogP contribution in [0.25, 0.3) is 0 Å². The maximum absolute atomic E-state index is 12.9. The molecule has 6 nitrogen and oxygen atoms in total. The van der Waals surface area contributed by atoms with Gasteiger partial charge in [0.15, 0.2) is 6.10 Å². The van der Waals surface area contributed by atoms with Crippen LogP contribution in [0, 0.1) is 0 Å². The summed E-state index contributed by atoms with van der Waals surface area (Å²) in [4.78, 5) is 38.3. The molecule has 1 atom stereocenters. The Morgan fingerprint density at radius 2 is 0.476 bits per heavy atom. The fourth-order valence-electron chi connectivity index (χ4n) is 10.8. The molecule has 478 valence electrons. The van der Waals surface area contributed by atoms with Gasteiger partial charge in [0.1, 0.15) is 13.2 Å². The van der Waals surface area contributed by atoms with Crippen molar-refractivity contribution in [1.29, 1.82) is 0 Å². The standard InChI is InChI=1S/C76H138O6/c1-4-7-10-13-16-19-21-23-25-27-29-31-33-35-37-38-40-41-43-45-47-49-51-53-55-57-60-63-66-69-75(78)81-72-73(71-80-74(77)68-65-62-59-18-15-12-9-6-3)82-76(79)70-67-64-61-58-56-54-52-50-48-46-44-42-39-36-34-32-30-28-26-24-22-20-17-14-11-8-5-2/h7,10,16,19,23,25,28-31,73H,4-6,8-9,11-15,17-18,20-22,24,26-27,32-72H2,1-3H3/b10-7-,19-16-,25-23-,30-28-,31-29-. The molecule has 0 bridgehead atoms. The Kier molecular flexibility index (Phi) is 68.1. The number of hydrogen-bond acceptors (Lipinski definition) is 6. The molecule has 0 aromatic carbocycles.